The Morgan fingerprint density at radius 3 is 1.56 bits per heavy atom. The Morgan fingerprint density at radius 2 is 1.24 bits per heavy atom. The molecule has 4 rings (SSSR count). The molecule has 0 amide bonds. The van der Waals surface area contributed by atoms with Crippen LogP contribution in [0.25, 0.3) is 0 Å². The van der Waals surface area contributed by atoms with Gasteiger partial charge in [0.05, 0.1) is 0 Å². The lowest BCUT2D eigenvalue weighted by atomic mass is 9.42. The Labute approximate surface area is 151 Å². The number of carbonyl (C=O) groups is 2. The quantitative estimate of drug-likeness (QED) is 0.610. The molecular formula is C20H33NO4. The molecule has 142 valence electrons. The minimum atomic E-state index is -1.37. The highest BCUT2D eigenvalue weighted by Crippen LogP contribution is 2.64. The summed E-state index contributed by atoms with van der Waals surface area (Å²) in [6.07, 6.45) is 4.33. The SMILES string of the molecule is CC(C)(C)OC(=O)C1(C(=O)OC(C)(C)C)C2CC3CC(C2)CC1(N)C3. The molecule has 2 atom stereocenters. The lowest BCUT2D eigenvalue weighted by Gasteiger charge is -2.63. The van der Waals surface area contributed by atoms with Gasteiger partial charge in [-0.25, -0.2) is 0 Å². The molecule has 25 heavy (non-hydrogen) atoms. The van der Waals surface area contributed by atoms with Gasteiger partial charge >= 0.3 is 11.9 Å². The molecule has 0 aromatic heterocycles. The Morgan fingerprint density at radius 1 is 0.840 bits per heavy atom. The van der Waals surface area contributed by atoms with Crippen molar-refractivity contribution in [1.82, 2.24) is 0 Å². The molecule has 5 heteroatoms. The number of carbonyl (C=O) groups excluding carboxylic acids is 2. The minimum absolute atomic E-state index is 0.0755. The Kier molecular flexibility index (Phi) is 4.07. The van der Waals surface area contributed by atoms with Gasteiger partial charge in [-0.2, -0.15) is 0 Å². The van der Waals surface area contributed by atoms with Crippen LogP contribution in [0.4, 0.5) is 0 Å². The first-order chi connectivity index (χ1) is 11.3. The van der Waals surface area contributed by atoms with E-state index in [1.54, 1.807) is 0 Å². The molecule has 0 saturated heterocycles. The van der Waals surface area contributed by atoms with Crippen LogP contribution in [0.3, 0.4) is 0 Å². The highest BCUT2D eigenvalue weighted by Gasteiger charge is 2.73. The van der Waals surface area contributed by atoms with Gasteiger partial charge in [-0.3, -0.25) is 9.59 Å². The normalized spacial score (nSPS) is 36.2. The van der Waals surface area contributed by atoms with Crippen LogP contribution in [0.1, 0.15) is 73.6 Å². The average molecular weight is 351 g/mol. The second-order valence-electron chi connectivity index (χ2n) is 10.5. The van der Waals surface area contributed by atoms with Gasteiger partial charge in [0.25, 0.3) is 0 Å². The van der Waals surface area contributed by atoms with Crippen molar-refractivity contribution in [3.8, 4) is 0 Å². The summed E-state index contributed by atoms with van der Waals surface area (Å²) < 4.78 is 11.5. The van der Waals surface area contributed by atoms with E-state index in [1.165, 1.54) is 6.42 Å². The van der Waals surface area contributed by atoms with Crippen molar-refractivity contribution in [2.45, 2.75) is 90.4 Å². The van der Waals surface area contributed by atoms with Gasteiger partial charge in [-0.1, -0.05) is 0 Å². The molecule has 0 heterocycles. The Bertz CT molecular complexity index is 541. The molecule has 0 aromatic carbocycles. The fourth-order valence-electron chi connectivity index (χ4n) is 5.63. The summed E-state index contributed by atoms with van der Waals surface area (Å²) in [7, 11) is 0. The summed E-state index contributed by atoms with van der Waals surface area (Å²) in [5.41, 5.74) is 3.27. The summed E-state index contributed by atoms with van der Waals surface area (Å²) in [5, 5.41) is 0. The molecule has 5 nitrogen and oxygen atoms in total. The summed E-state index contributed by atoms with van der Waals surface area (Å²) in [5.74, 6) is -0.0180. The molecule has 2 N–H and O–H groups in total. The average Bonchev–Trinajstić information content (AvgIpc) is 2.31. The lowest BCUT2D eigenvalue weighted by molar-refractivity contribution is -0.216. The molecule has 0 aliphatic heterocycles. The van der Waals surface area contributed by atoms with Gasteiger partial charge in [-0.15, -0.1) is 0 Å². The minimum Gasteiger partial charge on any atom is -0.459 e. The zero-order chi connectivity index (χ0) is 18.8. The van der Waals surface area contributed by atoms with Gasteiger partial charge in [0.15, 0.2) is 5.41 Å². The maximum atomic E-state index is 13.4. The third-order valence-electron chi connectivity index (χ3n) is 6.05. The topological polar surface area (TPSA) is 78.6 Å². The van der Waals surface area contributed by atoms with Crippen molar-refractivity contribution in [3.63, 3.8) is 0 Å². The second kappa shape index (κ2) is 5.45. The molecule has 4 fully saturated rings. The molecule has 4 saturated carbocycles. The van der Waals surface area contributed by atoms with E-state index >= 15 is 0 Å². The van der Waals surface area contributed by atoms with Crippen molar-refractivity contribution in [3.05, 3.63) is 0 Å². The predicted molar refractivity (Wildman–Crippen MR) is 94.6 cm³/mol. The lowest BCUT2D eigenvalue weighted by Crippen LogP contribution is -2.75. The highest BCUT2D eigenvalue weighted by atomic mass is 16.6. The van der Waals surface area contributed by atoms with Crippen LogP contribution in [0.15, 0.2) is 0 Å². The van der Waals surface area contributed by atoms with E-state index in [0.29, 0.717) is 24.7 Å². The summed E-state index contributed by atoms with van der Waals surface area (Å²) >= 11 is 0. The zero-order valence-corrected chi connectivity index (χ0v) is 16.5. The van der Waals surface area contributed by atoms with Crippen LogP contribution in [0, 0.1) is 23.2 Å². The van der Waals surface area contributed by atoms with E-state index in [2.05, 4.69) is 0 Å². The maximum Gasteiger partial charge on any atom is 0.326 e. The second-order valence-corrected chi connectivity index (χ2v) is 10.5. The van der Waals surface area contributed by atoms with Crippen LogP contribution in [0.5, 0.6) is 0 Å². The first kappa shape index (κ1) is 18.7. The van der Waals surface area contributed by atoms with Crippen molar-refractivity contribution in [1.29, 1.82) is 0 Å². The van der Waals surface area contributed by atoms with E-state index < -0.39 is 34.1 Å². The third kappa shape index (κ3) is 2.98. The fraction of sp³-hybridized carbons (Fsp3) is 0.900. The van der Waals surface area contributed by atoms with Crippen LogP contribution >= 0.6 is 0 Å². The van der Waals surface area contributed by atoms with Crippen molar-refractivity contribution in [2.75, 3.05) is 0 Å². The van der Waals surface area contributed by atoms with Crippen LogP contribution in [-0.4, -0.2) is 28.7 Å². The van der Waals surface area contributed by atoms with Gasteiger partial charge in [0, 0.05) is 5.54 Å². The third-order valence-corrected chi connectivity index (χ3v) is 6.05. The number of esters is 2. The van der Waals surface area contributed by atoms with E-state index in [1.807, 2.05) is 41.5 Å². The van der Waals surface area contributed by atoms with Crippen LogP contribution in [0.2, 0.25) is 0 Å². The number of ether oxygens (including phenoxy) is 2. The van der Waals surface area contributed by atoms with E-state index in [9.17, 15) is 9.59 Å². The smallest absolute Gasteiger partial charge is 0.326 e. The van der Waals surface area contributed by atoms with Gasteiger partial charge in [-0.05, 0) is 91.4 Å². The first-order valence-corrected chi connectivity index (χ1v) is 9.53. The largest absolute Gasteiger partial charge is 0.459 e. The van der Waals surface area contributed by atoms with Gasteiger partial charge < -0.3 is 15.2 Å². The zero-order valence-electron chi connectivity index (χ0n) is 16.5. The van der Waals surface area contributed by atoms with Crippen LogP contribution < -0.4 is 5.73 Å². The number of hydrogen-bond acceptors (Lipinski definition) is 5. The number of rotatable bonds is 2. The van der Waals surface area contributed by atoms with E-state index in [-0.39, 0.29) is 5.92 Å². The molecule has 0 aromatic rings. The van der Waals surface area contributed by atoms with Gasteiger partial charge in [0.2, 0.25) is 0 Å². The van der Waals surface area contributed by atoms with Crippen molar-refractivity contribution < 1.29 is 19.1 Å². The predicted octanol–water partition coefficient (Wildman–Crippen LogP) is 3.19. The molecular weight excluding hydrogens is 318 g/mol. The molecule has 2 unspecified atom stereocenters. The maximum absolute atomic E-state index is 13.4. The summed E-state index contributed by atoms with van der Waals surface area (Å²) in [6.45, 7) is 11.0. The molecule has 4 aliphatic rings. The Balaban J connectivity index is 2.06. The fourth-order valence-corrected chi connectivity index (χ4v) is 5.63. The van der Waals surface area contributed by atoms with E-state index in [0.717, 1.165) is 12.8 Å². The molecule has 4 aliphatic carbocycles. The summed E-state index contributed by atoms with van der Waals surface area (Å²) in [4.78, 5) is 26.8. The van der Waals surface area contributed by atoms with E-state index in [4.69, 9.17) is 15.2 Å². The molecule has 4 bridgehead atoms. The summed E-state index contributed by atoms with van der Waals surface area (Å²) in [6, 6.07) is 0. The highest BCUT2D eigenvalue weighted by molar-refractivity contribution is 6.03. The number of nitrogens with two attached hydrogens (primary N) is 1. The standard InChI is InChI=1S/C20H33NO4/c1-17(2,3)24-15(22)20(16(23)25-18(4,5)6)14-8-12-7-13(9-14)11-19(20,21)10-12/h12-14H,7-11,21H2,1-6H3. The van der Waals surface area contributed by atoms with Crippen LogP contribution in [-0.2, 0) is 19.1 Å². The van der Waals surface area contributed by atoms with Crippen molar-refractivity contribution >= 4 is 11.9 Å². The molecule has 0 spiro atoms. The van der Waals surface area contributed by atoms with Gasteiger partial charge in [0.1, 0.15) is 11.2 Å². The van der Waals surface area contributed by atoms with Crippen molar-refractivity contribution in [2.24, 2.45) is 28.9 Å². The molecule has 0 radical (unpaired) electrons. The first-order valence-electron chi connectivity index (χ1n) is 9.53. The number of hydrogen-bond donors (Lipinski definition) is 1. The Hall–Kier alpha value is -1.10. The monoisotopic (exact) mass is 351 g/mol.